The van der Waals surface area contributed by atoms with Crippen LogP contribution in [0.5, 0.6) is 5.75 Å². The molecule has 0 bridgehead atoms. The van der Waals surface area contributed by atoms with Crippen molar-refractivity contribution in [1.29, 1.82) is 0 Å². The number of anilines is 1. The lowest BCUT2D eigenvalue weighted by Crippen LogP contribution is -2.17. The number of aryl methyl sites for hydroxylation is 2. The highest BCUT2D eigenvalue weighted by Gasteiger charge is 2.21. The van der Waals surface area contributed by atoms with Crippen LogP contribution in [0.4, 0.5) is 5.69 Å². The van der Waals surface area contributed by atoms with Crippen molar-refractivity contribution in [2.75, 3.05) is 11.3 Å². The van der Waals surface area contributed by atoms with Gasteiger partial charge < -0.3 is 9.72 Å². The highest BCUT2D eigenvalue weighted by atomic mass is 32.2. The molecule has 2 aromatic heterocycles. The molecule has 0 atom stereocenters. The summed E-state index contributed by atoms with van der Waals surface area (Å²) in [4.78, 5) is 20.5. The van der Waals surface area contributed by atoms with Crippen molar-refractivity contribution in [2.45, 2.75) is 57.8 Å². The van der Waals surface area contributed by atoms with E-state index in [2.05, 4.69) is 26.7 Å². The molecule has 190 valence electrons. The van der Waals surface area contributed by atoms with Crippen LogP contribution in [0, 0.1) is 6.92 Å². The summed E-state index contributed by atoms with van der Waals surface area (Å²) in [5, 5.41) is 4.68. The van der Waals surface area contributed by atoms with E-state index >= 15 is 0 Å². The Morgan fingerprint density at radius 3 is 2.56 bits per heavy atom. The first-order valence-corrected chi connectivity index (χ1v) is 13.7. The number of unbranched alkanes of at least 4 members (excludes halogenated alkanes) is 3. The summed E-state index contributed by atoms with van der Waals surface area (Å²) in [6, 6.07) is 13.2. The van der Waals surface area contributed by atoms with Crippen molar-refractivity contribution in [2.24, 2.45) is 0 Å². The Hall–Kier alpha value is -3.66. The van der Waals surface area contributed by atoms with Crippen LogP contribution in [0.1, 0.15) is 51.0 Å². The molecule has 0 fully saturated rings. The van der Waals surface area contributed by atoms with Crippen LogP contribution in [0.15, 0.2) is 58.2 Å². The molecule has 0 spiro atoms. The number of sulfonamides is 1. The first-order valence-electron chi connectivity index (χ1n) is 12.2. The molecule has 0 unspecified atom stereocenters. The number of hydrogen-bond acceptors (Lipinski definition) is 6. The largest absolute Gasteiger partial charge is 0.493 e. The van der Waals surface area contributed by atoms with E-state index in [1.54, 1.807) is 47.8 Å². The molecule has 2 aromatic carbocycles. The molecule has 4 rings (SSSR count). The fourth-order valence-corrected chi connectivity index (χ4v) is 5.18. The van der Waals surface area contributed by atoms with Crippen LogP contribution in [-0.2, 0) is 16.4 Å². The molecule has 0 radical (unpaired) electrons. The second-order valence-electron chi connectivity index (χ2n) is 8.55. The van der Waals surface area contributed by atoms with Gasteiger partial charge in [-0.15, -0.1) is 5.10 Å². The molecule has 36 heavy (non-hydrogen) atoms. The van der Waals surface area contributed by atoms with E-state index in [-0.39, 0.29) is 16.3 Å². The third-order valence-corrected chi connectivity index (χ3v) is 7.22. The third-order valence-electron chi connectivity index (χ3n) is 5.84. The van der Waals surface area contributed by atoms with E-state index in [1.165, 1.54) is 12.1 Å². The fourth-order valence-electron chi connectivity index (χ4n) is 4.09. The number of nitrogens with one attached hydrogen (secondary N) is 2. The van der Waals surface area contributed by atoms with Crippen molar-refractivity contribution >= 4 is 21.2 Å². The van der Waals surface area contributed by atoms with Crippen molar-refractivity contribution < 1.29 is 13.2 Å². The molecule has 0 aliphatic carbocycles. The Morgan fingerprint density at radius 2 is 1.83 bits per heavy atom. The summed E-state index contributed by atoms with van der Waals surface area (Å²) in [6.07, 6.45) is 4.97. The van der Waals surface area contributed by atoms with Gasteiger partial charge in [0.15, 0.2) is 11.3 Å². The van der Waals surface area contributed by atoms with Crippen LogP contribution in [0.2, 0.25) is 0 Å². The number of imidazole rings is 1. The van der Waals surface area contributed by atoms with Gasteiger partial charge in [0.25, 0.3) is 15.6 Å². The maximum Gasteiger partial charge on any atom is 0.277 e. The highest BCUT2D eigenvalue weighted by molar-refractivity contribution is 7.92. The molecule has 0 aliphatic rings. The zero-order valence-corrected chi connectivity index (χ0v) is 21.6. The minimum absolute atomic E-state index is 0.0224. The van der Waals surface area contributed by atoms with E-state index in [4.69, 9.17) is 4.74 Å². The van der Waals surface area contributed by atoms with Gasteiger partial charge >= 0.3 is 0 Å². The van der Waals surface area contributed by atoms with E-state index in [0.29, 0.717) is 47.1 Å². The number of ether oxygens (including phenoxy) is 1. The predicted octanol–water partition coefficient (Wildman–Crippen LogP) is 4.72. The van der Waals surface area contributed by atoms with Gasteiger partial charge in [-0.3, -0.25) is 9.52 Å². The first kappa shape index (κ1) is 25.4. The van der Waals surface area contributed by atoms with Crippen molar-refractivity contribution in [3.05, 3.63) is 70.4 Å². The van der Waals surface area contributed by atoms with Crippen LogP contribution < -0.4 is 15.0 Å². The van der Waals surface area contributed by atoms with Gasteiger partial charge in [0.1, 0.15) is 11.6 Å². The van der Waals surface area contributed by atoms with Crippen molar-refractivity contribution in [1.82, 2.24) is 19.6 Å². The zero-order chi connectivity index (χ0) is 25.7. The van der Waals surface area contributed by atoms with Gasteiger partial charge in [-0.25, -0.2) is 17.9 Å². The highest BCUT2D eigenvalue weighted by Crippen LogP contribution is 2.31. The van der Waals surface area contributed by atoms with E-state index in [1.807, 2.05) is 6.92 Å². The summed E-state index contributed by atoms with van der Waals surface area (Å²) in [5.41, 5.74) is 1.46. The van der Waals surface area contributed by atoms with Gasteiger partial charge in [-0.2, -0.15) is 0 Å². The number of aromatic amines is 1. The molecular formula is C26H31N5O4S. The number of benzene rings is 2. The molecule has 0 saturated heterocycles. The van der Waals surface area contributed by atoms with Gasteiger partial charge in [-0.05, 0) is 50.6 Å². The summed E-state index contributed by atoms with van der Waals surface area (Å²) < 4.78 is 36.1. The average Bonchev–Trinajstić information content (AvgIpc) is 3.18. The molecular weight excluding hydrogens is 478 g/mol. The van der Waals surface area contributed by atoms with Crippen LogP contribution in [0.25, 0.3) is 16.9 Å². The maximum atomic E-state index is 13.1. The van der Waals surface area contributed by atoms with Crippen LogP contribution in [-0.4, -0.2) is 34.6 Å². The van der Waals surface area contributed by atoms with Crippen molar-refractivity contribution in [3.63, 3.8) is 0 Å². The monoisotopic (exact) mass is 509 g/mol. The van der Waals surface area contributed by atoms with Gasteiger partial charge in [0.2, 0.25) is 0 Å². The first-order chi connectivity index (χ1) is 17.3. The minimum Gasteiger partial charge on any atom is -0.493 e. The van der Waals surface area contributed by atoms with Gasteiger partial charge in [-0.1, -0.05) is 44.4 Å². The second kappa shape index (κ2) is 10.9. The molecule has 2 heterocycles. The van der Waals surface area contributed by atoms with E-state index in [0.717, 1.165) is 25.7 Å². The summed E-state index contributed by atoms with van der Waals surface area (Å²) in [7, 11) is -3.89. The quantitative estimate of drug-likeness (QED) is 0.283. The third kappa shape index (κ3) is 5.43. The number of rotatable bonds is 11. The van der Waals surface area contributed by atoms with Crippen LogP contribution in [0.3, 0.4) is 0 Å². The summed E-state index contributed by atoms with van der Waals surface area (Å²) in [5.74, 6) is 1.33. The summed E-state index contributed by atoms with van der Waals surface area (Å²) in [6.45, 7) is 6.14. The smallest absolute Gasteiger partial charge is 0.277 e. The van der Waals surface area contributed by atoms with Crippen LogP contribution >= 0.6 is 0 Å². The molecule has 10 heteroatoms. The molecule has 0 aliphatic heterocycles. The number of aromatic nitrogens is 4. The number of fused-ring (bicyclic) bond motifs is 1. The Labute approximate surface area is 210 Å². The topological polar surface area (TPSA) is 118 Å². The fraction of sp³-hybridized carbons (Fsp3) is 0.346. The number of para-hydroxylation sites is 1. The minimum atomic E-state index is -3.89. The predicted molar refractivity (Wildman–Crippen MR) is 140 cm³/mol. The van der Waals surface area contributed by atoms with E-state index in [9.17, 15) is 13.2 Å². The molecule has 4 aromatic rings. The molecule has 9 nitrogen and oxygen atoms in total. The SMILES string of the molecule is CCCCCCc1nc(C)c2c(=O)[nH]c(-c3cc(S(=O)(=O)Nc4ccccc4)ccc3OCC)nn12. The van der Waals surface area contributed by atoms with Gasteiger partial charge in [0, 0.05) is 12.1 Å². The number of H-pyrrole nitrogens is 1. The second-order valence-corrected chi connectivity index (χ2v) is 10.2. The van der Waals surface area contributed by atoms with Gasteiger partial charge in [0.05, 0.1) is 22.8 Å². The maximum absolute atomic E-state index is 13.1. The Bertz CT molecular complexity index is 1510. The van der Waals surface area contributed by atoms with Crippen molar-refractivity contribution in [3.8, 4) is 17.1 Å². The lowest BCUT2D eigenvalue weighted by Gasteiger charge is -2.13. The standard InChI is InChI=1S/C26H31N5O4S/c1-4-6-7-11-14-23-27-18(3)24-26(32)28-25(29-31(23)24)21-17-20(15-16-22(21)35-5-2)36(33,34)30-19-12-9-8-10-13-19/h8-10,12-13,15-17,30H,4-7,11,14H2,1-3H3,(H,28,29,32). The Balaban J connectivity index is 1.79. The Morgan fingerprint density at radius 1 is 1.06 bits per heavy atom. The normalized spacial score (nSPS) is 11.6. The number of nitrogens with zero attached hydrogens (tertiary/aromatic N) is 3. The summed E-state index contributed by atoms with van der Waals surface area (Å²) >= 11 is 0. The molecule has 2 N–H and O–H groups in total. The van der Waals surface area contributed by atoms with E-state index < -0.39 is 10.0 Å². The lowest BCUT2D eigenvalue weighted by atomic mass is 10.1. The zero-order valence-electron chi connectivity index (χ0n) is 20.7. The molecule has 0 saturated carbocycles. The molecule has 0 amide bonds. The lowest BCUT2D eigenvalue weighted by molar-refractivity contribution is 0.341. The number of hydrogen-bond donors (Lipinski definition) is 2. The Kier molecular flexibility index (Phi) is 7.73. The average molecular weight is 510 g/mol.